The van der Waals surface area contributed by atoms with E-state index in [1.807, 2.05) is 26.8 Å². The molecule has 18 heavy (non-hydrogen) atoms. The molecule has 100 valence electrons. The maximum atomic E-state index is 13.9. The number of halogens is 1. The molecule has 0 aromatic heterocycles. The molecule has 1 aromatic carbocycles. The lowest BCUT2D eigenvalue weighted by Gasteiger charge is -2.18. The Morgan fingerprint density at radius 2 is 2.06 bits per heavy atom. The minimum atomic E-state index is -0.352. The zero-order valence-corrected chi connectivity index (χ0v) is 10.9. The Balaban J connectivity index is 2.18. The summed E-state index contributed by atoms with van der Waals surface area (Å²) in [5.74, 6) is -0.0731. The molecule has 4 nitrogen and oxygen atoms in total. The highest BCUT2D eigenvalue weighted by Gasteiger charge is 2.31. The Morgan fingerprint density at radius 1 is 1.33 bits per heavy atom. The molecule has 1 aliphatic heterocycles. The van der Waals surface area contributed by atoms with Crippen molar-refractivity contribution in [2.45, 2.75) is 45.0 Å². The normalized spacial score (nSPS) is 27.8. The summed E-state index contributed by atoms with van der Waals surface area (Å²) in [6.07, 6.45) is -0.0427. The van der Waals surface area contributed by atoms with E-state index in [-0.39, 0.29) is 35.8 Å². The van der Waals surface area contributed by atoms with Crippen LogP contribution in [0.3, 0.4) is 0 Å². The van der Waals surface area contributed by atoms with Crippen molar-refractivity contribution < 1.29 is 9.13 Å². The fourth-order valence-corrected chi connectivity index (χ4v) is 2.07. The topological polar surface area (TPSA) is 59.3 Å². The first kappa shape index (κ1) is 13.3. The molecule has 1 aliphatic rings. The Hall–Kier alpha value is -1.17. The van der Waals surface area contributed by atoms with Gasteiger partial charge in [0.15, 0.2) is 11.6 Å². The van der Waals surface area contributed by atoms with Crippen LogP contribution in [0.5, 0.6) is 5.75 Å². The molecule has 3 unspecified atom stereocenters. The predicted octanol–water partition coefficient (Wildman–Crippen LogP) is 1.48. The van der Waals surface area contributed by atoms with E-state index in [2.05, 4.69) is 10.9 Å². The van der Waals surface area contributed by atoms with Crippen LogP contribution in [-0.2, 0) is 0 Å². The first-order valence-corrected chi connectivity index (χ1v) is 6.21. The number of nitrogens with one attached hydrogen (secondary N) is 2. The van der Waals surface area contributed by atoms with Crippen LogP contribution < -0.4 is 21.3 Å². The van der Waals surface area contributed by atoms with Crippen LogP contribution in [0.2, 0.25) is 0 Å². The highest BCUT2D eigenvalue weighted by atomic mass is 19.1. The van der Waals surface area contributed by atoms with Crippen LogP contribution in [0.25, 0.3) is 0 Å². The van der Waals surface area contributed by atoms with Gasteiger partial charge in [0.2, 0.25) is 0 Å². The lowest BCUT2D eigenvalue weighted by molar-refractivity contribution is 0.231. The SMILES string of the molecule is CC(C)Oc1ccc(C2NNC(C)C2N)cc1F. The number of rotatable bonds is 3. The van der Waals surface area contributed by atoms with Gasteiger partial charge in [0, 0.05) is 12.1 Å². The van der Waals surface area contributed by atoms with Crippen molar-refractivity contribution in [3.8, 4) is 5.75 Å². The van der Waals surface area contributed by atoms with Gasteiger partial charge >= 0.3 is 0 Å². The summed E-state index contributed by atoms with van der Waals surface area (Å²) in [6, 6.07) is 4.98. The summed E-state index contributed by atoms with van der Waals surface area (Å²) in [6.45, 7) is 5.73. The average Bonchev–Trinajstić information content (AvgIpc) is 2.62. The van der Waals surface area contributed by atoms with E-state index in [1.165, 1.54) is 6.07 Å². The lowest BCUT2D eigenvalue weighted by Crippen LogP contribution is -2.35. The summed E-state index contributed by atoms with van der Waals surface area (Å²) in [4.78, 5) is 0. The van der Waals surface area contributed by atoms with E-state index < -0.39 is 0 Å². The molecular formula is C13H20FN3O. The average molecular weight is 253 g/mol. The Kier molecular flexibility index (Phi) is 3.85. The minimum absolute atomic E-state index is 0.0427. The third kappa shape index (κ3) is 2.63. The molecule has 3 atom stereocenters. The third-order valence-corrected chi connectivity index (χ3v) is 3.11. The largest absolute Gasteiger partial charge is 0.488 e. The molecule has 0 amide bonds. The van der Waals surface area contributed by atoms with Crippen LogP contribution in [0.4, 0.5) is 4.39 Å². The van der Waals surface area contributed by atoms with Crippen LogP contribution in [-0.4, -0.2) is 18.2 Å². The predicted molar refractivity (Wildman–Crippen MR) is 68.6 cm³/mol. The van der Waals surface area contributed by atoms with E-state index in [9.17, 15) is 4.39 Å². The number of nitrogens with two attached hydrogens (primary N) is 1. The van der Waals surface area contributed by atoms with Crippen LogP contribution in [0.15, 0.2) is 18.2 Å². The number of hydrogen-bond acceptors (Lipinski definition) is 4. The van der Waals surface area contributed by atoms with Gasteiger partial charge in [-0.2, -0.15) is 0 Å². The molecular weight excluding hydrogens is 233 g/mol. The van der Waals surface area contributed by atoms with E-state index in [1.54, 1.807) is 6.07 Å². The van der Waals surface area contributed by atoms with Gasteiger partial charge in [-0.3, -0.25) is 5.43 Å². The zero-order chi connectivity index (χ0) is 13.3. The quantitative estimate of drug-likeness (QED) is 0.763. The number of ether oxygens (including phenoxy) is 1. The van der Waals surface area contributed by atoms with Gasteiger partial charge in [0.05, 0.1) is 12.1 Å². The summed E-state index contributed by atoms with van der Waals surface area (Å²) < 4.78 is 19.2. The monoisotopic (exact) mass is 253 g/mol. The second-order valence-electron chi connectivity index (χ2n) is 4.99. The molecule has 4 N–H and O–H groups in total. The van der Waals surface area contributed by atoms with Crippen LogP contribution in [0.1, 0.15) is 32.4 Å². The fourth-order valence-electron chi connectivity index (χ4n) is 2.07. The summed E-state index contributed by atoms with van der Waals surface area (Å²) in [5.41, 5.74) is 13.0. The van der Waals surface area contributed by atoms with Gasteiger partial charge in [-0.15, -0.1) is 0 Å². The number of hydrazine groups is 1. The zero-order valence-electron chi connectivity index (χ0n) is 10.9. The molecule has 1 fully saturated rings. The van der Waals surface area contributed by atoms with Crippen molar-refractivity contribution >= 4 is 0 Å². The molecule has 0 aliphatic carbocycles. The molecule has 1 saturated heterocycles. The highest BCUT2D eigenvalue weighted by Crippen LogP contribution is 2.26. The fraction of sp³-hybridized carbons (Fsp3) is 0.538. The summed E-state index contributed by atoms with van der Waals surface area (Å²) >= 11 is 0. The first-order valence-electron chi connectivity index (χ1n) is 6.21. The molecule has 1 heterocycles. The van der Waals surface area contributed by atoms with Crippen LogP contribution in [0, 0.1) is 5.82 Å². The number of hydrogen-bond donors (Lipinski definition) is 3. The van der Waals surface area contributed by atoms with Gasteiger partial charge in [-0.1, -0.05) is 6.07 Å². The first-order chi connectivity index (χ1) is 8.49. The van der Waals surface area contributed by atoms with Crippen molar-refractivity contribution in [2.75, 3.05) is 0 Å². The molecule has 0 radical (unpaired) electrons. The van der Waals surface area contributed by atoms with E-state index in [0.717, 1.165) is 5.56 Å². The van der Waals surface area contributed by atoms with E-state index >= 15 is 0 Å². The molecule has 0 saturated carbocycles. The Bertz CT molecular complexity index is 425. The maximum absolute atomic E-state index is 13.9. The molecule has 0 bridgehead atoms. The third-order valence-electron chi connectivity index (χ3n) is 3.11. The van der Waals surface area contributed by atoms with Gasteiger partial charge in [0.1, 0.15) is 0 Å². The van der Waals surface area contributed by atoms with Crippen molar-refractivity contribution in [3.05, 3.63) is 29.6 Å². The highest BCUT2D eigenvalue weighted by molar-refractivity contribution is 5.32. The van der Waals surface area contributed by atoms with Crippen molar-refractivity contribution in [3.63, 3.8) is 0 Å². The van der Waals surface area contributed by atoms with Gasteiger partial charge in [0.25, 0.3) is 0 Å². The van der Waals surface area contributed by atoms with E-state index in [4.69, 9.17) is 10.5 Å². The van der Waals surface area contributed by atoms with Gasteiger partial charge in [-0.25, -0.2) is 9.82 Å². The standard InChI is InChI=1S/C13H20FN3O/c1-7(2)18-11-5-4-9(6-10(11)14)13-12(15)8(3)16-17-13/h4-8,12-13,16-17H,15H2,1-3H3. The molecule has 1 aromatic rings. The molecule has 5 heteroatoms. The molecule has 2 rings (SSSR count). The smallest absolute Gasteiger partial charge is 0.165 e. The maximum Gasteiger partial charge on any atom is 0.165 e. The second-order valence-corrected chi connectivity index (χ2v) is 4.99. The van der Waals surface area contributed by atoms with Gasteiger partial charge < -0.3 is 10.5 Å². The minimum Gasteiger partial charge on any atom is -0.488 e. The van der Waals surface area contributed by atoms with Crippen molar-refractivity contribution in [1.82, 2.24) is 10.9 Å². The lowest BCUT2D eigenvalue weighted by atomic mass is 9.98. The van der Waals surface area contributed by atoms with Gasteiger partial charge in [-0.05, 0) is 38.5 Å². The van der Waals surface area contributed by atoms with Crippen molar-refractivity contribution in [2.24, 2.45) is 5.73 Å². The van der Waals surface area contributed by atoms with Crippen molar-refractivity contribution in [1.29, 1.82) is 0 Å². The Morgan fingerprint density at radius 3 is 2.56 bits per heavy atom. The summed E-state index contributed by atoms with van der Waals surface area (Å²) in [7, 11) is 0. The summed E-state index contributed by atoms with van der Waals surface area (Å²) in [5, 5.41) is 0. The second kappa shape index (κ2) is 5.22. The van der Waals surface area contributed by atoms with E-state index in [0.29, 0.717) is 0 Å². The number of benzene rings is 1. The Labute approximate surface area is 107 Å². The van der Waals surface area contributed by atoms with Crippen LogP contribution >= 0.6 is 0 Å². The molecule has 0 spiro atoms.